The molecule has 2 amide bonds. The van der Waals surface area contributed by atoms with Crippen molar-refractivity contribution in [3.63, 3.8) is 0 Å². The van der Waals surface area contributed by atoms with Crippen molar-refractivity contribution in [2.24, 2.45) is 0 Å². The lowest BCUT2D eigenvalue weighted by molar-refractivity contribution is -0.140. The molecule has 0 fully saturated rings. The molecule has 0 aromatic heterocycles. The fraction of sp³-hybridized carbons (Fsp3) is 0.643. The largest absolute Gasteiger partial charge is 0.481 e. The molecule has 0 spiro atoms. The summed E-state index contributed by atoms with van der Waals surface area (Å²) >= 11 is 0. The Morgan fingerprint density at radius 3 is 2.24 bits per heavy atom. The Labute approximate surface area is 124 Å². The van der Waals surface area contributed by atoms with Gasteiger partial charge in [-0.25, -0.2) is 9.59 Å². The summed E-state index contributed by atoms with van der Waals surface area (Å²) in [4.78, 5) is 35.2. The standard InChI is InChI=1S/C14H24N2O5/c1-5-9-16(14(2,3)4)13(21)15-10(12(19)20)7-6-8-11(17)18/h5,10H,1,6-9H2,2-4H3,(H,15,21)(H,17,18)(H,19,20)/t10-/m1/s1. The second-order valence-electron chi connectivity index (χ2n) is 5.70. The van der Waals surface area contributed by atoms with Crippen LogP contribution in [0.15, 0.2) is 12.7 Å². The normalized spacial score (nSPS) is 12.3. The zero-order valence-electron chi connectivity index (χ0n) is 12.8. The molecule has 0 saturated carbocycles. The number of carbonyl (C=O) groups excluding carboxylic acids is 1. The van der Waals surface area contributed by atoms with Gasteiger partial charge in [-0.05, 0) is 33.6 Å². The van der Waals surface area contributed by atoms with Crippen LogP contribution in [0, 0.1) is 0 Å². The molecule has 1 atom stereocenters. The number of urea groups is 1. The predicted octanol–water partition coefficient (Wildman–Crippen LogP) is 1.69. The highest BCUT2D eigenvalue weighted by atomic mass is 16.4. The molecule has 0 bridgehead atoms. The molecule has 21 heavy (non-hydrogen) atoms. The average Bonchev–Trinajstić information content (AvgIpc) is 2.32. The summed E-state index contributed by atoms with van der Waals surface area (Å²) in [6.07, 6.45) is 1.68. The molecule has 0 aromatic carbocycles. The first-order valence-corrected chi connectivity index (χ1v) is 6.73. The van der Waals surface area contributed by atoms with Gasteiger partial charge in [-0.1, -0.05) is 6.08 Å². The summed E-state index contributed by atoms with van der Waals surface area (Å²) in [5.41, 5.74) is -0.484. The molecule has 0 heterocycles. The first-order valence-electron chi connectivity index (χ1n) is 6.73. The van der Waals surface area contributed by atoms with Crippen molar-refractivity contribution in [1.29, 1.82) is 0 Å². The third kappa shape index (κ3) is 7.34. The highest BCUT2D eigenvalue weighted by Gasteiger charge is 2.28. The van der Waals surface area contributed by atoms with Crippen LogP contribution in [0.2, 0.25) is 0 Å². The van der Waals surface area contributed by atoms with E-state index in [2.05, 4.69) is 11.9 Å². The van der Waals surface area contributed by atoms with Gasteiger partial charge in [-0.15, -0.1) is 6.58 Å². The summed E-state index contributed by atoms with van der Waals surface area (Å²) in [6, 6.07) is -1.61. The van der Waals surface area contributed by atoms with E-state index in [1.54, 1.807) is 6.08 Å². The summed E-state index contributed by atoms with van der Waals surface area (Å²) in [5, 5.41) is 20.1. The predicted molar refractivity (Wildman–Crippen MR) is 78.1 cm³/mol. The molecule has 7 nitrogen and oxygen atoms in total. The van der Waals surface area contributed by atoms with E-state index in [1.165, 1.54) is 4.90 Å². The van der Waals surface area contributed by atoms with Gasteiger partial charge in [0.15, 0.2) is 0 Å². The monoisotopic (exact) mass is 300 g/mol. The zero-order valence-corrected chi connectivity index (χ0v) is 12.8. The Balaban J connectivity index is 4.74. The highest BCUT2D eigenvalue weighted by molar-refractivity contribution is 5.83. The Kier molecular flexibility index (Phi) is 7.48. The third-order valence-corrected chi connectivity index (χ3v) is 2.85. The quantitative estimate of drug-likeness (QED) is 0.591. The molecule has 0 saturated heterocycles. The molecule has 0 aliphatic heterocycles. The summed E-state index contributed by atoms with van der Waals surface area (Å²) in [6.45, 7) is 9.35. The van der Waals surface area contributed by atoms with Gasteiger partial charge in [-0.2, -0.15) is 0 Å². The summed E-state index contributed by atoms with van der Waals surface area (Å²) < 4.78 is 0. The lowest BCUT2D eigenvalue weighted by atomic mass is 10.1. The van der Waals surface area contributed by atoms with E-state index in [4.69, 9.17) is 10.2 Å². The Morgan fingerprint density at radius 2 is 1.86 bits per heavy atom. The van der Waals surface area contributed by atoms with Crippen LogP contribution in [0.5, 0.6) is 0 Å². The molecule has 0 aliphatic rings. The first-order chi connectivity index (χ1) is 9.59. The second kappa shape index (κ2) is 8.28. The number of rotatable bonds is 8. The summed E-state index contributed by atoms with van der Waals surface area (Å²) in [5.74, 6) is -2.17. The van der Waals surface area contributed by atoms with Gasteiger partial charge in [0, 0.05) is 18.5 Å². The van der Waals surface area contributed by atoms with Crippen LogP contribution in [-0.2, 0) is 9.59 Å². The molecule has 3 N–H and O–H groups in total. The minimum Gasteiger partial charge on any atom is -0.481 e. The maximum atomic E-state index is 12.2. The van der Waals surface area contributed by atoms with Crippen LogP contribution < -0.4 is 5.32 Å². The van der Waals surface area contributed by atoms with Crippen LogP contribution in [0.3, 0.4) is 0 Å². The number of hydrogen-bond acceptors (Lipinski definition) is 3. The number of nitrogens with one attached hydrogen (secondary N) is 1. The Hall–Kier alpha value is -2.05. The number of hydrogen-bond donors (Lipinski definition) is 3. The first kappa shape index (κ1) is 18.9. The van der Waals surface area contributed by atoms with Gasteiger partial charge in [-0.3, -0.25) is 4.79 Å². The van der Waals surface area contributed by atoms with Crippen molar-refractivity contribution in [3.05, 3.63) is 12.7 Å². The fourth-order valence-corrected chi connectivity index (χ4v) is 1.73. The Morgan fingerprint density at radius 1 is 1.29 bits per heavy atom. The van der Waals surface area contributed by atoms with Crippen LogP contribution in [-0.4, -0.2) is 51.2 Å². The number of nitrogens with zero attached hydrogens (tertiary/aromatic N) is 1. The van der Waals surface area contributed by atoms with E-state index in [9.17, 15) is 14.4 Å². The van der Waals surface area contributed by atoms with Gasteiger partial charge in [0.2, 0.25) is 0 Å². The molecule has 0 aromatic rings. The molecule has 0 unspecified atom stereocenters. The van der Waals surface area contributed by atoms with Crippen molar-refractivity contribution < 1.29 is 24.6 Å². The van der Waals surface area contributed by atoms with E-state index >= 15 is 0 Å². The van der Waals surface area contributed by atoms with Crippen LogP contribution in [0.1, 0.15) is 40.0 Å². The molecule has 0 aliphatic carbocycles. The zero-order chi connectivity index (χ0) is 16.6. The molecular weight excluding hydrogens is 276 g/mol. The fourth-order valence-electron chi connectivity index (χ4n) is 1.73. The number of carbonyl (C=O) groups is 3. The number of carboxylic acid groups (broad SMARTS) is 2. The maximum Gasteiger partial charge on any atom is 0.326 e. The topological polar surface area (TPSA) is 107 Å². The van der Waals surface area contributed by atoms with Crippen molar-refractivity contribution in [2.75, 3.05) is 6.54 Å². The minimum absolute atomic E-state index is 0.0689. The average molecular weight is 300 g/mol. The molecule has 7 heteroatoms. The molecule has 120 valence electrons. The van der Waals surface area contributed by atoms with Gasteiger partial charge >= 0.3 is 18.0 Å². The SMILES string of the molecule is C=CCN(C(=O)N[C@H](CCCC(=O)O)C(=O)O)C(C)(C)C. The molecular formula is C14H24N2O5. The Bertz CT molecular complexity index is 401. The number of amides is 2. The van der Waals surface area contributed by atoms with Crippen molar-refractivity contribution in [2.45, 2.75) is 51.6 Å². The summed E-state index contributed by atoms with van der Waals surface area (Å²) in [7, 11) is 0. The van der Waals surface area contributed by atoms with Gasteiger partial charge in [0.05, 0.1) is 0 Å². The van der Waals surface area contributed by atoms with Gasteiger partial charge < -0.3 is 20.4 Å². The number of carboxylic acids is 2. The van der Waals surface area contributed by atoms with Gasteiger partial charge in [0.25, 0.3) is 0 Å². The van der Waals surface area contributed by atoms with Crippen LogP contribution in [0.25, 0.3) is 0 Å². The molecule has 0 radical (unpaired) electrons. The van der Waals surface area contributed by atoms with Crippen LogP contribution in [0.4, 0.5) is 4.79 Å². The van der Waals surface area contributed by atoms with E-state index in [-0.39, 0.29) is 25.8 Å². The van der Waals surface area contributed by atoms with Crippen molar-refractivity contribution >= 4 is 18.0 Å². The smallest absolute Gasteiger partial charge is 0.326 e. The van der Waals surface area contributed by atoms with E-state index in [0.717, 1.165) is 0 Å². The minimum atomic E-state index is -1.18. The number of aliphatic carboxylic acids is 2. The lowest BCUT2D eigenvalue weighted by Crippen LogP contribution is -2.54. The van der Waals surface area contributed by atoms with Gasteiger partial charge in [0.1, 0.15) is 6.04 Å². The third-order valence-electron chi connectivity index (χ3n) is 2.85. The van der Waals surface area contributed by atoms with Crippen molar-refractivity contribution in [1.82, 2.24) is 10.2 Å². The second-order valence-corrected chi connectivity index (χ2v) is 5.70. The highest BCUT2D eigenvalue weighted by Crippen LogP contribution is 2.14. The maximum absolute atomic E-state index is 12.2. The molecule has 0 rings (SSSR count). The van der Waals surface area contributed by atoms with Crippen molar-refractivity contribution in [3.8, 4) is 0 Å². The lowest BCUT2D eigenvalue weighted by Gasteiger charge is -2.35. The van der Waals surface area contributed by atoms with E-state index in [0.29, 0.717) is 0 Å². The van der Waals surface area contributed by atoms with E-state index < -0.39 is 29.6 Å². The van der Waals surface area contributed by atoms with Crippen LogP contribution >= 0.6 is 0 Å². The van der Waals surface area contributed by atoms with E-state index in [1.807, 2.05) is 20.8 Å².